The lowest BCUT2D eigenvalue weighted by molar-refractivity contribution is -0.252. The molecule has 1 aliphatic heterocycles. The summed E-state index contributed by atoms with van der Waals surface area (Å²) in [5.74, 6) is -1.34. The molecule has 1 saturated heterocycles. The summed E-state index contributed by atoms with van der Waals surface area (Å²) in [4.78, 5) is 37.9. The maximum atomic E-state index is 15.6. The van der Waals surface area contributed by atoms with Crippen molar-refractivity contribution in [1.82, 2.24) is 0 Å². The Kier molecular flexibility index (Phi) is 6.25. The van der Waals surface area contributed by atoms with E-state index in [0.29, 0.717) is 44.1 Å². The smallest absolute Gasteiger partial charge is 0.332 e. The van der Waals surface area contributed by atoms with Crippen LogP contribution in [0.3, 0.4) is 0 Å². The fourth-order valence-electron chi connectivity index (χ4n) is 8.50. The van der Waals surface area contributed by atoms with E-state index in [2.05, 4.69) is 0 Å². The average Bonchev–Trinajstić information content (AvgIpc) is 3.11. The molecular weight excluding hydrogens is 455 g/mol. The zero-order valence-electron chi connectivity index (χ0n) is 20.9. The summed E-state index contributed by atoms with van der Waals surface area (Å²) in [5, 5.41) is 11.6. The molecule has 0 bridgehead atoms. The highest BCUT2D eigenvalue weighted by atomic mass is 19.1. The zero-order valence-corrected chi connectivity index (χ0v) is 20.9. The monoisotopic (exact) mass is 492 g/mol. The minimum Gasteiger partial charge on any atom is -0.456 e. The number of esters is 1. The molecule has 9 atom stereocenters. The van der Waals surface area contributed by atoms with Gasteiger partial charge in [0.1, 0.15) is 18.4 Å². The Morgan fingerprint density at radius 2 is 1.94 bits per heavy atom. The maximum Gasteiger partial charge on any atom is 0.332 e. The molecule has 0 aromatic carbocycles. The lowest BCUT2D eigenvalue weighted by Gasteiger charge is -2.61. The van der Waals surface area contributed by atoms with Crippen LogP contribution in [0.4, 0.5) is 4.39 Å². The van der Waals surface area contributed by atoms with Crippen molar-refractivity contribution in [2.24, 2.45) is 28.6 Å². The van der Waals surface area contributed by atoms with E-state index in [0.717, 1.165) is 6.42 Å². The molecule has 8 heteroatoms. The Bertz CT molecular complexity index is 948. The molecule has 4 aliphatic carbocycles. The first kappa shape index (κ1) is 25.0. The molecule has 1 spiro atoms. The fraction of sp³-hybridized carbons (Fsp3) is 0.815. The molecule has 0 radical (unpaired) electrons. The number of ketones is 2. The first-order chi connectivity index (χ1) is 16.6. The summed E-state index contributed by atoms with van der Waals surface area (Å²) in [6, 6.07) is 0. The van der Waals surface area contributed by atoms with Crippen LogP contribution in [-0.2, 0) is 28.6 Å². The van der Waals surface area contributed by atoms with E-state index < -0.39 is 47.6 Å². The third-order valence-corrected chi connectivity index (χ3v) is 10.1. The molecule has 1 unspecified atom stereocenters. The van der Waals surface area contributed by atoms with E-state index in [-0.39, 0.29) is 42.3 Å². The van der Waals surface area contributed by atoms with Crippen LogP contribution >= 0.6 is 0 Å². The van der Waals surface area contributed by atoms with Crippen molar-refractivity contribution in [3.8, 4) is 0 Å². The number of Topliss-reactive ketones (excluding diaryl/α,β-unsaturated/α-hetero) is 1. The number of hydrogen-bond donors (Lipinski definition) is 1. The first-order valence-corrected chi connectivity index (χ1v) is 13.1. The van der Waals surface area contributed by atoms with Gasteiger partial charge in [0.2, 0.25) is 5.78 Å². The van der Waals surface area contributed by atoms with Crippen molar-refractivity contribution in [3.05, 3.63) is 11.6 Å². The van der Waals surface area contributed by atoms with E-state index in [4.69, 9.17) is 14.2 Å². The molecule has 3 saturated carbocycles. The van der Waals surface area contributed by atoms with Gasteiger partial charge >= 0.3 is 5.97 Å². The van der Waals surface area contributed by atoms with Crippen molar-refractivity contribution in [2.75, 3.05) is 13.2 Å². The van der Waals surface area contributed by atoms with Gasteiger partial charge < -0.3 is 19.3 Å². The third kappa shape index (κ3) is 3.65. The number of aliphatic hydroxyl groups is 1. The van der Waals surface area contributed by atoms with Gasteiger partial charge in [0, 0.05) is 11.8 Å². The molecule has 0 amide bonds. The summed E-state index contributed by atoms with van der Waals surface area (Å²) in [6.45, 7) is 5.28. The molecule has 0 aromatic rings. The van der Waals surface area contributed by atoms with E-state index in [1.165, 1.54) is 6.08 Å². The van der Waals surface area contributed by atoms with E-state index >= 15 is 4.39 Å². The molecular formula is C27H37FO7. The fourth-order valence-corrected chi connectivity index (χ4v) is 8.50. The largest absolute Gasteiger partial charge is 0.456 e. The van der Waals surface area contributed by atoms with Crippen molar-refractivity contribution < 1.29 is 38.1 Å². The van der Waals surface area contributed by atoms with E-state index in [1.54, 1.807) is 0 Å². The van der Waals surface area contributed by atoms with Crippen molar-refractivity contribution in [1.29, 1.82) is 0 Å². The molecule has 0 aromatic heterocycles. The van der Waals surface area contributed by atoms with Crippen LogP contribution in [0.25, 0.3) is 0 Å². The summed E-state index contributed by atoms with van der Waals surface area (Å²) in [7, 11) is 0. The summed E-state index contributed by atoms with van der Waals surface area (Å²) in [5.41, 5.74) is -2.10. The summed E-state index contributed by atoms with van der Waals surface area (Å²) < 4.78 is 33.1. The second kappa shape index (κ2) is 8.73. The highest BCUT2D eigenvalue weighted by Gasteiger charge is 2.70. The van der Waals surface area contributed by atoms with Crippen LogP contribution in [0.1, 0.15) is 72.1 Å². The van der Waals surface area contributed by atoms with Crippen LogP contribution in [0.2, 0.25) is 0 Å². The minimum atomic E-state index is -1.28. The molecule has 5 rings (SSSR count). The molecule has 194 valence electrons. The van der Waals surface area contributed by atoms with Crippen molar-refractivity contribution in [3.63, 3.8) is 0 Å². The predicted molar refractivity (Wildman–Crippen MR) is 123 cm³/mol. The van der Waals surface area contributed by atoms with Gasteiger partial charge in [0.05, 0.1) is 6.10 Å². The lowest BCUT2D eigenvalue weighted by Crippen LogP contribution is -2.64. The van der Waals surface area contributed by atoms with Crippen LogP contribution in [0, 0.1) is 28.6 Å². The lowest BCUT2D eigenvalue weighted by atomic mass is 9.45. The Morgan fingerprint density at radius 3 is 2.69 bits per heavy atom. The number of hydrogen-bond acceptors (Lipinski definition) is 7. The molecule has 4 fully saturated rings. The van der Waals surface area contributed by atoms with Gasteiger partial charge in [0.15, 0.2) is 18.7 Å². The maximum absolute atomic E-state index is 15.6. The number of carbonyl (C=O) groups excluding carboxylic acids is 3. The first-order valence-electron chi connectivity index (χ1n) is 13.1. The van der Waals surface area contributed by atoms with E-state index in [9.17, 15) is 19.5 Å². The quantitative estimate of drug-likeness (QED) is 0.590. The molecule has 5 aliphatic rings. The molecule has 35 heavy (non-hydrogen) atoms. The normalized spacial score (nSPS) is 48.1. The number of halogens is 1. The van der Waals surface area contributed by atoms with Crippen molar-refractivity contribution in [2.45, 2.75) is 96.3 Å². The summed E-state index contributed by atoms with van der Waals surface area (Å²) in [6.07, 6.45) is 2.49. The number of ether oxygens (including phenoxy) is 3. The number of cyclic esters (lactones) is 1. The minimum absolute atomic E-state index is 0.0466. The van der Waals surface area contributed by atoms with Gasteiger partial charge in [-0.3, -0.25) is 9.59 Å². The number of aliphatic hydroxyl groups excluding tert-OH is 1. The van der Waals surface area contributed by atoms with Gasteiger partial charge in [0.25, 0.3) is 0 Å². The Morgan fingerprint density at radius 1 is 1.17 bits per heavy atom. The van der Waals surface area contributed by atoms with Crippen LogP contribution < -0.4 is 0 Å². The molecule has 1 heterocycles. The van der Waals surface area contributed by atoms with Gasteiger partial charge in [-0.15, -0.1) is 0 Å². The second-order valence-electron chi connectivity index (χ2n) is 11.8. The van der Waals surface area contributed by atoms with Gasteiger partial charge in [-0.2, -0.15) is 0 Å². The van der Waals surface area contributed by atoms with Gasteiger partial charge in [-0.1, -0.05) is 27.2 Å². The number of rotatable bonds is 2. The highest BCUT2D eigenvalue weighted by molar-refractivity contribution is 5.92. The molecule has 1 N–H and O–H groups in total. The third-order valence-electron chi connectivity index (χ3n) is 10.1. The van der Waals surface area contributed by atoms with Gasteiger partial charge in [-0.05, 0) is 73.3 Å². The van der Waals surface area contributed by atoms with Crippen LogP contribution in [0.15, 0.2) is 11.6 Å². The summed E-state index contributed by atoms with van der Waals surface area (Å²) >= 11 is 0. The second-order valence-corrected chi connectivity index (χ2v) is 11.8. The Hall–Kier alpha value is -1.64. The Balaban J connectivity index is 1.54. The number of carbonyl (C=O) groups is 3. The topological polar surface area (TPSA) is 99.1 Å². The number of fused-ring (bicyclic) bond motifs is 6. The zero-order chi connectivity index (χ0) is 25.2. The van der Waals surface area contributed by atoms with Crippen LogP contribution in [-0.4, -0.2) is 60.0 Å². The Labute approximate surface area is 205 Å². The average molecular weight is 493 g/mol. The SMILES string of the molecule is CCCC1OCC(=O)OCC(=O)[C@]2(CC[C@H]3[C@@H]4C[C@H](F)C5=CC(=O)CC[C@]5(C)[C@H]4[C@@H](O)C[C@@]32C)O1. The predicted octanol–water partition coefficient (Wildman–Crippen LogP) is 3.46. The van der Waals surface area contributed by atoms with Crippen molar-refractivity contribution >= 4 is 17.5 Å². The number of allylic oxidation sites excluding steroid dienone is 1. The van der Waals surface area contributed by atoms with Gasteiger partial charge in [-0.25, -0.2) is 9.18 Å². The highest BCUT2D eigenvalue weighted by Crippen LogP contribution is 2.68. The number of alkyl halides is 1. The standard InChI is InChI=1S/C27H37FO7/c1-4-5-23-34-14-22(32)33-13-21(31)27(35-23)9-7-17-16-11-19(28)18-10-15(29)6-8-25(18,2)24(16)20(30)12-26(17,27)3/h10,16-17,19-20,23-24,30H,4-9,11-14H2,1-3H3/t16-,17-,19-,20-,23?,24+,25-,26-,27-/m0/s1. The molecule has 7 nitrogen and oxygen atoms in total. The van der Waals surface area contributed by atoms with Crippen LogP contribution in [0.5, 0.6) is 0 Å². The van der Waals surface area contributed by atoms with E-state index in [1.807, 2.05) is 20.8 Å².